The number of aryl methyl sites for hydroxylation is 1. The molecule has 6 nitrogen and oxygen atoms in total. The zero-order valence-corrected chi connectivity index (χ0v) is 11.6. The minimum absolute atomic E-state index is 0.00969. The second-order valence-corrected chi connectivity index (χ2v) is 4.61. The van der Waals surface area contributed by atoms with Gasteiger partial charge in [0.2, 0.25) is 5.13 Å². The highest BCUT2D eigenvalue weighted by Crippen LogP contribution is 2.16. The molecule has 0 unspecified atom stereocenters. The topological polar surface area (TPSA) is 73.3 Å². The van der Waals surface area contributed by atoms with Gasteiger partial charge in [-0.1, -0.05) is 18.3 Å². The van der Waals surface area contributed by atoms with Crippen LogP contribution in [0.2, 0.25) is 0 Å². The smallest absolute Gasteiger partial charge is 0.252 e. The molecule has 7 heteroatoms. The van der Waals surface area contributed by atoms with Crippen LogP contribution in [-0.4, -0.2) is 42.5 Å². The molecular weight excluding hydrogens is 254 g/mol. The molecule has 1 amide bonds. The Labute approximate surface area is 111 Å². The summed E-state index contributed by atoms with van der Waals surface area (Å²) in [5.74, 6) is -0.217. The average Bonchev–Trinajstić information content (AvgIpc) is 2.77. The molecule has 0 saturated carbocycles. The SMILES string of the molecule is CCCc1nnc(NC(=O)COCCOCC)s1. The Balaban J connectivity index is 2.18. The molecule has 0 aliphatic heterocycles. The highest BCUT2D eigenvalue weighted by atomic mass is 32.1. The van der Waals surface area contributed by atoms with Gasteiger partial charge in [0.25, 0.3) is 5.91 Å². The summed E-state index contributed by atoms with van der Waals surface area (Å²) in [6.45, 7) is 5.57. The maximum atomic E-state index is 11.5. The highest BCUT2D eigenvalue weighted by molar-refractivity contribution is 7.15. The monoisotopic (exact) mass is 273 g/mol. The Hall–Kier alpha value is -1.05. The molecule has 1 heterocycles. The van der Waals surface area contributed by atoms with Gasteiger partial charge in [-0.15, -0.1) is 10.2 Å². The maximum Gasteiger partial charge on any atom is 0.252 e. The van der Waals surface area contributed by atoms with Crippen molar-refractivity contribution in [1.82, 2.24) is 10.2 Å². The minimum atomic E-state index is -0.217. The third-order valence-corrected chi connectivity index (χ3v) is 2.88. The molecule has 18 heavy (non-hydrogen) atoms. The molecular formula is C11H19N3O3S. The number of aromatic nitrogens is 2. The van der Waals surface area contributed by atoms with Crippen LogP contribution >= 0.6 is 11.3 Å². The number of carbonyl (C=O) groups is 1. The van der Waals surface area contributed by atoms with Crippen LogP contribution in [0.1, 0.15) is 25.3 Å². The summed E-state index contributed by atoms with van der Waals surface area (Å²) in [6.07, 6.45) is 1.90. The molecule has 0 radical (unpaired) electrons. The number of anilines is 1. The summed E-state index contributed by atoms with van der Waals surface area (Å²) >= 11 is 1.40. The van der Waals surface area contributed by atoms with Crippen molar-refractivity contribution in [1.29, 1.82) is 0 Å². The van der Waals surface area contributed by atoms with Crippen LogP contribution in [0.25, 0.3) is 0 Å². The van der Waals surface area contributed by atoms with E-state index >= 15 is 0 Å². The second-order valence-electron chi connectivity index (χ2n) is 3.55. The first-order valence-corrected chi connectivity index (χ1v) is 6.85. The predicted octanol–water partition coefficient (Wildman–Crippen LogP) is 1.48. The number of amides is 1. The minimum Gasteiger partial charge on any atom is -0.379 e. The van der Waals surface area contributed by atoms with Crippen molar-refractivity contribution in [2.24, 2.45) is 0 Å². The van der Waals surface area contributed by atoms with Gasteiger partial charge < -0.3 is 9.47 Å². The van der Waals surface area contributed by atoms with E-state index in [0.717, 1.165) is 17.8 Å². The Kier molecular flexibility index (Phi) is 7.47. The van der Waals surface area contributed by atoms with Crippen LogP contribution in [0.5, 0.6) is 0 Å². The number of hydrogen-bond acceptors (Lipinski definition) is 6. The van der Waals surface area contributed by atoms with Gasteiger partial charge in [-0.3, -0.25) is 10.1 Å². The zero-order valence-electron chi connectivity index (χ0n) is 10.8. The number of carbonyl (C=O) groups excluding carboxylic acids is 1. The fraction of sp³-hybridized carbons (Fsp3) is 0.727. The van der Waals surface area contributed by atoms with Gasteiger partial charge in [0.1, 0.15) is 11.6 Å². The molecule has 0 spiro atoms. The predicted molar refractivity (Wildman–Crippen MR) is 69.8 cm³/mol. The molecule has 1 rings (SSSR count). The lowest BCUT2D eigenvalue weighted by Gasteiger charge is -2.03. The van der Waals surface area contributed by atoms with Gasteiger partial charge in [-0.2, -0.15) is 0 Å². The van der Waals surface area contributed by atoms with E-state index in [1.54, 1.807) is 0 Å². The third kappa shape index (κ3) is 6.04. The van der Waals surface area contributed by atoms with E-state index in [9.17, 15) is 4.79 Å². The quantitative estimate of drug-likeness (QED) is 0.690. The molecule has 1 N–H and O–H groups in total. The van der Waals surface area contributed by atoms with Crippen molar-refractivity contribution in [3.8, 4) is 0 Å². The van der Waals surface area contributed by atoms with E-state index in [1.807, 2.05) is 6.92 Å². The maximum absolute atomic E-state index is 11.5. The first-order valence-electron chi connectivity index (χ1n) is 6.04. The Morgan fingerprint density at radius 3 is 2.78 bits per heavy atom. The number of nitrogens with zero attached hydrogens (tertiary/aromatic N) is 2. The van der Waals surface area contributed by atoms with Crippen molar-refractivity contribution < 1.29 is 14.3 Å². The average molecular weight is 273 g/mol. The summed E-state index contributed by atoms with van der Waals surface area (Å²) in [6, 6.07) is 0. The van der Waals surface area contributed by atoms with Crippen LogP contribution in [0.3, 0.4) is 0 Å². The van der Waals surface area contributed by atoms with Gasteiger partial charge >= 0.3 is 0 Å². The molecule has 1 aromatic rings. The van der Waals surface area contributed by atoms with Gasteiger partial charge in [0.15, 0.2) is 0 Å². The standard InChI is InChI=1S/C11H19N3O3S/c1-3-5-10-13-14-11(18-10)12-9(15)8-17-7-6-16-4-2/h3-8H2,1-2H3,(H,12,14,15). The van der Waals surface area contributed by atoms with Gasteiger partial charge in [0, 0.05) is 13.0 Å². The molecule has 0 aromatic carbocycles. The molecule has 0 fully saturated rings. The summed E-state index contributed by atoms with van der Waals surface area (Å²) in [5, 5.41) is 12.0. The van der Waals surface area contributed by atoms with E-state index in [1.165, 1.54) is 11.3 Å². The van der Waals surface area contributed by atoms with Crippen LogP contribution in [0, 0.1) is 0 Å². The molecule has 0 bridgehead atoms. The number of ether oxygens (including phenoxy) is 2. The molecule has 0 aliphatic rings. The van der Waals surface area contributed by atoms with E-state index < -0.39 is 0 Å². The Morgan fingerprint density at radius 1 is 1.28 bits per heavy atom. The van der Waals surface area contributed by atoms with Gasteiger partial charge in [0.05, 0.1) is 13.2 Å². The van der Waals surface area contributed by atoms with Crippen molar-refractivity contribution in [2.45, 2.75) is 26.7 Å². The summed E-state index contributed by atoms with van der Waals surface area (Å²) in [5.41, 5.74) is 0. The lowest BCUT2D eigenvalue weighted by Crippen LogP contribution is -2.19. The van der Waals surface area contributed by atoms with E-state index in [4.69, 9.17) is 9.47 Å². The van der Waals surface area contributed by atoms with Crippen molar-refractivity contribution in [2.75, 3.05) is 31.7 Å². The van der Waals surface area contributed by atoms with E-state index in [0.29, 0.717) is 25.0 Å². The fourth-order valence-corrected chi connectivity index (χ4v) is 2.06. The molecule has 0 aliphatic carbocycles. The van der Waals surface area contributed by atoms with Crippen LogP contribution in [0.15, 0.2) is 0 Å². The molecule has 1 aromatic heterocycles. The second kappa shape index (κ2) is 8.96. The third-order valence-electron chi connectivity index (χ3n) is 1.99. The Bertz CT molecular complexity index is 357. The van der Waals surface area contributed by atoms with Gasteiger partial charge in [-0.25, -0.2) is 0 Å². The Morgan fingerprint density at radius 2 is 2.06 bits per heavy atom. The van der Waals surface area contributed by atoms with Crippen molar-refractivity contribution >= 4 is 22.4 Å². The van der Waals surface area contributed by atoms with E-state index in [-0.39, 0.29) is 12.5 Å². The van der Waals surface area contributed by atoms with Crippen LogP contribution < -0.4 is 5.32 Å². The van der Waals surface area contributed by atoms with Crippen LogP contribution in [0.4, 0.5) is 5.13 Å². The van der Waals surface area contributed by atoms with Crippen LogP contribution in [-0.2, 0) is 20.7 Å². The normalized spacial score (nSPS) is 10.6. The molecule has 0 saturated heterocycles. The summed E-state index contributed by atoms with van der Waals surface area (Å²) in [4.78, 5) is 11.5. The van der Waals surface area contributed by atoms with E-state index in [2.05, 4.69) is 22.4 Å². The zero-order chi connectivity index (χ0) is 13.2. The fourth-order valence-electron chi connectivity index (χ4n) is 1.20. The van der Waals surface area contributed by atoms with Crippen molar-refractivity contribution in [3.05, 3.63) is 5.01 Å². The first-order chi connectivity index (χ1) is 8.76. The number of hydrogen-bond donors (Lipinski definition) is 1. The molecule has 102 valence electrons. The lowest BCUT2D eigenvalue weighted by atomic mass is 10.4. The highest BCUT2D eigenvalue weighted by Gasteiger charge is 2.07. The lowest BCUT2D eigenvalue weighted by molar-refractivity contribution is -0.121. The number of rotatable bonds is 9. The first kappa shape index (κ1) is 15.0. The largest absolute Gasteiger partial charge is 0.379 e. The molecule has 0 atom stereocenters. The van der Waals surface area contributed by atoms with Gasteiger partial charge in [-0.05, 0) is 13.3 Å². The summed E-state index contributed by atoms with van der Waals surface area (Å²) in [7, 11) is 0. The number of nitrogens with one attached hydrogen (secondary N) is 1. The summed E-state index contributed by atoms with van der Waals surface area (Å²) < 4.78 is 10.2. The van der Waals surface area contributed by atoms with Crippen molar-refractivity contribution in [3.63, 3.8) is 0 Å².